The molecule has 0 saturated carbocycles. The molecule has 1 N–H and O–H groups in total. The van der Waals surface area contributed by atoms with Crippen molar-refractivity contribution < 1.29 is 9.53 Å². The second-order valence-corrected chi connectivity index (χ2v) is 5.13. The number of rotatable bonds is 6. The molecule has 4 heteroatoms. The SMILES string of the molecule is CC[C@@H](C)/C(C)=N\NC(=O)COc1ccc(C)c(C)c1. The van der Waals surface area contributed by atoms with Gasteiger partial charge in [0.25, 0.3) is 5.91 Å². The van der Waals surface area contributed by atoms with Crippen molar-refractivity contribution in [3.63, 3.8) is 0 Å². The zero-order valence-corrected chi connectivity index (χ0v) is 13.0. The molecule has 0 fully saturated rings. The van der Waals surface area contributed by atoms with Crippen molar-refractivity contribution in [1.29, 1.82) is 0 Å². The van der Waals surface area contributed by atoms with Crippen LogP contribution in [0.25, 0.3) is 0 Å². The summed E-state index contributed by atoms with van der Waals surface area (Å²) in [7, 11) is 0. The summed E-state index contributed by atoms with van der Waals surface area (Å²) in [6.45, 7) is 10.1. The largest absolute Gasteiger partial charge is 0.484 e. The van der Waals surface area contributed by atoms with Gasteiger partial charge in [0.15, 0.2) is 6.61 Å². The Kier molecular flexibility index (Phi) is 6.22. The van der Waals surface area contributed by atoms with Crippen LogP contribution in [0.3, 0.4) is 0 Å². The van der Waals surface area contributed by atoms with Crippen molar-refractivity contribution in [2.45, 2.75) is 41.0 Å². The molecule has 4 nitrogen and oxygen atoms in total. The van der Waals surface area contributed by atoms with E-state index >= 15 is 0 Å². The van der Waals surface area contributed by atoms with Gasteiger partial charge in [0.2, 0.25) is 0 Å². The molecule has 0 spiro atoms. The molecule has 110 valence electrons. The molecule has 1 amide bonds. The molecule has 0 radical (unpaired) electrons. The zero-order chi connectivity index (χ0) is 15.1. The Morgan fingerprint density at radius 3 is 2.65 bits per heavy atom. The molecule has 1 rings (SSSR count). The fraction of sp³-hybridized carbons (Fsp3) is 0.500. The smallest absolute Gasteiger partial charge is 0.277 e. The van der Waals surface area contributed by atoms with Gasteiger partial charge >= 0.3 is 0 Å². The first kappa shape index (κ1) is 16.2. The van der Waals surface area contributed by atoms with E-state index in [-0.39, 0.29) is 12.5 Å². The molecule has 0 aromatic heterocycles. The summed E-state index contributed by atoms with van der Waals surface area (Å²) in [6.07, 6.45) is 1.00. The van der Waals surface area contributed by atoms with Crippen molar-refractivity contribution in [1.82, 2.24) is 5.43 Å². The molecule has 0 aliphatic carbocycles. The summed E-state index contributed by atoms with van der Waals surface area (Å²) in [5, 5.41) is 4.08. The fourth-order valence-electron chi connectivity index (χ4n) is 1.54. The molecule has 1 aromatic rings. The Labute approximate surface area is 121 Å². The molecule has 1 atom stereocenters. The lowest BCUT2D eigenvalue weighted by Crippen LogP contribution is -2.26. The molecule has 20 heavy (non-hydrogen) atoms. The van der Waals surface area contributed by atoms with Crippen LogP contribution < -0.4 is 10.2 Å². The van der Waals surface area contributed by atoms with Gasteiger partial charge in [-0.05, 0) is 56.4 Å². The number of nitrogens with one attached hydrogen (secondary N) is 1. The molecular weight excluding hydrogens is 252 g/mol. The number of hydrogen-bond acceptors (Lipinski definition) is 3. The monoisotopic (exact) mass is 276 g/mol. The van der Waals surface area contributed by atoms with E-state index < -0.39 is 0 Å². The van der Waals surface area contributed by atoms with Gasteiger partial charge in [-0.25, -0.2) is 5.43 Å². The minimum atomic E-state index is -0.245. The second kappa shape index (κ2) is 7.68. The van der Waals surface area contributed by atoms with E-state index in [1.54, 1.807) is 0 Å². The number of carbonyl (C=O) groups is 1. The molecule has 0 saturated heterocycles. The number of hydrazone groups is 1. The van der Waals surface area contributed by atoms with Crippen LogP contribution >= 0.6 is 0 Å². The highest BCUT2D eigenvalue weighted by molar-refractivity contribution is 5.86. The Morgan fingerprint density at radius 2 is 2.05 bits per heavy atom. The van der Waals surface area contributed by atoms with Gasteiger partial charge in [-0.3, -0.25) is 4.79 Å². The highest BCUT2D eigenvalue weighted by Crippen LogP contribution is 2.16. The number of aryl methyl sites for hydroxylation is 2. The number of nitrogens with zero attached hydrogens (tertiary/aromatic N) is 1. The number of ether oxygens (including phenoxy) is 1. The summed E-state index contributed by atoms with van der Waals surface area (Å²) in [6, 6.07) is 5.77. The fourth-order valence-corrected chi connectivity index (χ4v) is 1.54. The third-order valence-electron chi connectivity index (χ3n) is 3.53. The van der Waals surface area contributed by atoms with Crippen molar-refractivity contribution in [2.75, 3.05) is 6.61 Å². The highest BCUT2D eigenvalue weighted by atomic mass is 16.5. The molecule has 1 aromatic carbocycles. The van der Waals surface area contributed by atoms with Crippen LogP contribution in [0, 0.1) is 19.8 Å². The Balaban J connectivity index is 2.45. The molecule has 0 aliphatic heterocycles. The lowest BCUT2D eigenvalue weighted by molar-refractivity contribution is -0.123. The van der Waals surface area contributed by atoms with Crippen LogP contribution in [0.5, 0.6) is 5.75 Å². The second-order valence-electron chi connectivity index (χ2n) is 5.13. The first-order valence-corrected chi connectivity index (χ1v) is 6.97. The maximum atomic E-state index is 11.6. The normalized spacial score (nSPS) is 12.9. The van der Waals surface area contributed by atoms with Gasteiger partial charge in [0.1, 0.15) is 5.75 Å². The first-order valence-electron chi connectivity index (χ1n) is 6.97. The molecule has 0 unspecified atom stereocenters. The lowest BCUT2D eigenvalue weighted by atomic mass is 10.1. The average molecular weight is 276 g/mol. The number of amides is 1. The number of carbonyl (C=O) groups excluding carboxylic acids is 1. The molecule has 0 aliphatic rings. The highest BCUT2D eigenvalue weighted by Gasteiger charge is 2.05. The van der Waals surface area contributed by atoms with Crippen molar-refractivity contribution >= 4 is 11.6 Å². The van der Waals surface area contributed by atoms with Gasteiger partial charge in [-0.1, -0.05) is 19.9 Å². The van der Waals surface area contributed by atoms with Crippen LogP contribution in [0.2, 0.25) is 0 Å². The van der Waals surface area contributed by atoms with Gasteiger partial charge in [-0.2, -0.15) is 5.10 Å². The third kappa shape index (κ3) is 5.03. The summed E-state index contributed by atoms with van der Waals surface area (Å²) in [4.78, 5) is 11.6. The van der Waals surface area contributed by atoms with Crippen LogP contribution in [-0.2, 0) is 4.79 Å². The van der Waals surface area contributed by atoms with E-state index in [1.165, 1.54) is 5.56 Å². The predicted molar refractivity (Wildman–Crippen MR) is 82.1 cm³/mol. The minimum Gasteiger partial charge on any atom is -0.484 e. The van der Waals surface area contributed by atoms with E-state index in [1.807, 2.05) is 39.0 Å². The van der Waals surface area contributed by atoms with Crippen molar-refractivity contribution in [2.24, 2.45) is 11.0 Å². The quantitative estimate of drug-likeness (QED) is 0.640. The van der Waals surface area contributed by atoms with Crippen molar-refractivity contribution in [3.8, 4) is 5.75 Å². The topological polar surface area (TPSA) is 50.7 Å². The molecular formula is C16H24N2O2. The summed E-state index contributed by atoms with van der Waals surface area (Å²) in [5.74, 6) is 0.827. The van der Waals surface area contributed by atoms with E-state index in [2.05, 4.69) is 24.4 Å². The zero-order valence-electron chi connectivity index (χ0n) is 13.0. The van der Waals surface area contributed by atoms with Gasteiger partial charge < -0.3 is 4.74 Å². The molecule has 0 bridgehead atoms. The lowest BCUT2D eigenvalue weighted by Gasteiger charge is -2.09. The third-order valence-corrected chi connectivity index (χ3v) is 3.53. The molecule has 0 heterocycles. The van der Waals surface area contributed by atoms with E-state index in [4.69, 9.17) is 4.74 Å². The Bertz CT molecular complexity index is 495. The van der Waals surface area contributed by atoms with E-state index in [0.717, 1.165) is 17.7 Å². The maximum Gasteiger partial charge on any atom is 0.277 e. The van der Waals surface area contributed by atoms with Crippen molar-refractivity contribution in [3.05, 3.63) is 29.3 Å². The standard InChI is InChI=1S/C16H24N2O2/c1-6-11(2)14(5)17-18-16(19)10-20-15-8-7-12(3)13(4)9-15/h7-9,11H,6,10H2,1-5H3,(H,18,19)/b17-14-/t11-/m1/s1. The minimum absolute atomic E-state index is 0.0280. The predicted octanol–water partition coefficient (Wildman–Crippen LogP) is 3.22. The van der Waals surface area contributed by atoms with Crippen LogP contribution in [-0.4, -0.2) is 18.2 Å². The Morgan fingerprint density at radius 1 is 1.35 bits per heavy atom. The number of benzene rings is 1. The van der Waals surface area contributed by atoms with Gasteiger partial charge in [0, 0.05) is 5.71 Å². The van der Waals surface area contributed by atoms with E-state index in [0.29, 0.717) is 11.7 Å². The average Bonchev–Trinajstić information content (AvgIpc) is 2.45. The maximum absolute atomic E-state index is 11.6. The van der Waals surface area contributed by atoms with Crippen LogP contribution in [0.4, 0.5) is 0 Å². The first-order chi connectivity index (χ1) is 9.43. The van der Waals surface area contributed by atoms with Crippen LogP contribution in [0.15, 0.2) is 23.3 Å². The van der Waals surface area contributed by atoms with Gasteiger partial charge in [0.05, 0.1) is 0 Å². The van der Waals surface area contributed by atoms with E-state index in [9.17, 15) is 4.79 Å². The summed E-state index contributed by atoms with van der Waals surface area (Å²) in [5.41, 5.74) is 5.79. The van der Waals surface area contributed by atoms with Gasteiger partial charge in [-0.15, -0.1) is 0 Å². The number of hydrogen-bond donors (Lipinski definition) is 1. The van der Waals surface area contributed by atoms with Crippen LogP contribution in [0.1, 0.15) is 38.3 Å². The Hall–Kier alpha value is -1.84. The summed E-state index contributed by atoms with van der Waals surface area (Å²) < 4.78 is 5.44. The summed E-state index contributed by atoms with van der Waals surface area (Å²) >= 11 is 0.